The van der Waals surface area contributed by atoms with Crippen LogP contribution < -0.4 is 4.40 Å². The van der Waals surface area contributed by atoms with E-state index in [4.69, 9.17) is 24.9 Å². The topological polar surface area (TPSA) is 68.6 Å². The maximum atomic E-state index is 6.11. The summed E-state index contributed by atoms with van der Waals surface area (Å²) < 4.78 is 2.33. The Kier molecular flexibility index (Phi) is 29.3. The minimum Gasteiger partial charge on any atom is -0.243 e. The van der Waals surface area contributed by atoms with Gasteiger partial charge in [-0.15, -0.1) is 9.97 Å². The van der Waals surface area contributed by atoms with Crippen molar-refractivity contribution in [3.8, 4) is 0 Å². The lowest BCUT2D eigenvalue weighted by Gasteiger charge is -2.11. The molecule has 10 rings (SSSR count). The Labute approximate surface area is 579 Å². The molecule has 0 N–H and O–H groups in total. The zero-order chi connectivity index (χ0) is 66.5. The first kappa shape index (κ1) is 72.1. The van der Waals surface area contributed by atoms with Gasteiger partial charge in [0.15, 0.2) is 11.0 Å². The number of unbranched alkanes of at least 4 members (excludes halogenated alkanes) is 30. The Morgan fingerprint density at radius 3 is 0.719 bits per heavy atom. The van der Waals surface area contributed by atoms with Crippen LogP contribution in [0.25, 0.3) is 93.1 Å². The summed E-state index contributed by atoms with van der Waals surface area (Å²) in [6, 6.07) is 43.1. The van der Waals surface area contributed by atoms with Crippen molar-refractivity contribution in [1.29, 1.82) is 0 Å². The van der Waals surface area contributed by atoms with Gasteiger partial charge in [0, 0.05) is 32.3 Å². The number of benzene rings is 6. The lowest BCUT2D eigenvalue weighted by atomic mass is 9.99. The fraction of sp³-hybridized carbons (Fsp3) is 0.533. The zero-order valence-electron chi connectivity index (χ0n) is 60.9. The molecule has 0 aliphatic carbocycles. The van der Waals surface area contributed by atoms with Crippen molar-refractivity contribution < 1.29 is 4.40 Å². The molecule has 510 valence electrons. The number of pyridine rings is 1. The van der Waals surface area contributed by atoms with Crippen LogP contribution in [0.3, 0.4) is 0 Å². The molecule has 4 aromatic heterocycles. The number of hydrogen-bond donors (Lipinski definition) is 0. The molecule has 4 heterocycles. The van der Waals surface area contributed by atoms with Crippen LogP contribution in [0.1, 0.15) is 306 Å². The van der Waals surface area contributed by atoms with Crippen molar-refractivity contribution in [2.75, 3.05) is 0 Å². The molecule has 0 saturated carbocycles. The predicted molar refractivity (Wildman–Crippen MR) is 418 cm³/mol. The highest BCUT2D eigenvalue weighted by molar-refractivity contribution is 6.12. The average Bonchev–Trinajstić information content (AvgIpc) is 0.728. The van der Waals surface area contributed by atoms with Crippen molar-refractivity contribution >= 4 is 93.1 Å². The molecule has 0 aliphatic rings. The van der Waals surface area contributed by atoms with Crippen molar-refractivity contribution in [2.24, 2.45) is 0 Å². The average molecular weight is 1290 g/mol. The van der Waals surface area contributed by atoms with E-state index in [1.165, 1.54) is 238 Å². The smallest absolute Gasteiger partial charge is 0.243 e. The normalized spacial score (nSPS) is 11.9. The molecule has 0 radical (unpaired) electrons. The number of hydrogen-bond acceptors (Lipinski definition) is 5. The number of aryl methyl sites for hydroxylation is 6. The first-order valence-electron chi connectivity index (χ1n) is 39.8. The first-order chi connectivity index (χ1) is 47.4. The van der Waals surface area contributed by atoms with Crippen LogP contribution in [-0.2, 0) is 38.5 Å². The highest BCUT2D eigenvalue weighted by atomic mass is 15.0. The van der Waals surface area contributed by atoms with Crippen molar-refractivity contribution in [2.45, 2.75) is 311 Å². The fourth-order valence-electron chi connectivity index (χ4n) is 15.1. The lowest BCUT2D eigenvalue weighted by molar-refractivity contribution is -0.483. The number of fused-ring (bicyclic) bond motifs is 15. The van der Waals surface area contributed by atoms with Crippen molar-refractivity contribution in [3.05, 3.63) is 149 Å². The molecule has 0 aliphatic heterocycles. The quantitative estimate of drug-likeness (QED) is 0.0282. The maximum Gasteiger partial charge on any atom is 0.296 e. The third-order valence-corrected chi connectivity index (χ3v) is 21.0. The number of nitrogens with zero attached hydrogens (tertiary/aromatic N) is 6. The van der Waals surface area contributed by atoms with Crippen LogP contribution in [0.4, 0.5) is 0 Å². The summed E-state index contributed by atoms with van der Waals surface area (Å²) in [4.78, 5) is 30.5. The second-order valence-corrected chi connectivity index (χ2v) is 29.0. The van der Waals surface area contributed by atoms with Crippen LogP contribution in [0.15, 0.2) is 115 Å². The van der Waals surface area contributed by atoms with Gasteiger partial charge in [0.25, 0.3) is 11.3 Å². The van der Waals surface area contributed by atoms with Crippen molar-refractivity contribution in [1.82, 2.24) is 24.9 Å². The van der Waals surface area contributed by atoms with Gasteiger partial charge in [0.2, 0.25) is 0 Å². The van der Waals surface area contributed by atoms with E-state index < -0.39 is 0 Å². The van der Waals surface area contributed by atoms with Crippen molar-refractivity contribution in [3.63, 3.8) is 0 Å². The van der Waals surface area contributed by atoms with E-state index in [0.717, 1.165) is 158 Å². The van der Waals surface area contributed by atoms with Crippen LogP contribution in [-0.4, -0.2) is 24.9 Å². The summed E-state index contributed by atoms with van der Waals surface area (Å²) in [5.74, 6) is 0. The Morgan fingerprint density at radius 2 is 0.438 bits per heavy atom. The van der Waals surface area contributed by atoms with E-state index in [9.17, 15) is 0 Å². The van der Waals surface area contributed by atoms with E-state index in [1.54, 1.807) is 0 Å². The van der Waals surface area contributed by atoms with E-state index in [-0.39, 0.29) is 0 Å². The zero-order valence-corrected chi connectivity index (χ0v) is 60.9. The number of rotatable bonds is 42. The molecular formula is C90H121N6+. The molecule has 0 fully saturated rings. The van der Waals surface area contributed by atoms with Crippen LogP contribution in [0, 0.1) is 0 Å². The molecule has 6 heteroatoms. The van der Waals surface area contributed by atoms with Gasteiger partial charge in [-0.25, -0.2) is 15.0 Å². The molecule has 0 unspecified atom stereocenters. The molecule has 6 aromatic carbocycles. The Bertz CT molecular complexity index is 3470. The van der Waals surface area contributed by atoms with E-state index in [1.807, 2.05) is 0 Å². The van der Waals surface area contributed by atoms with Gasteiger partial charge < -0.3 is 0 Å². The largest absolute Gasteiger partial charge is 0.296 e. The Hall–Kier alpha value is -6.66. The third kappa shape index (κ3) is 20.2. The van der Waals surface area contributed by atoms with E-state index >= 15 is 0 Å². The predicted octanol–water partition coefficient (Wildman–Crippen LogP) is 26.7. The molecule has 10 aromatic rings. The monoisotopic (exact) mass is 1290 g/mol. The van der Waals surface area contributed by atoms with E-state index in [0.29, 0.717) is 0 Å². The van der Waals surface area contributed by atoms with Gasteiger partial charge in [-0.1, -0.05) is 307 Å². The molecule has 0 amide bonds. The fourth-order valence-corrected chi connectivity index (χ4v) is 15.1. The summed E-state index contributed by atoms with van der Waals surface area (Å²) in [5.41, 5.74) is 16.6. The molecule has 0 atom stereocenters. The molecule has 0 bridgehead atoms. The molecule has 0 saturated heterocycles. The highest BCUT2D eigenvalue weighted by Crippen LogP contribution is 2.34. The Morgan fingerprint density at radius 1 is 0.219 bits per heavy atom. The lowest BCUT2D eigenvalue weighted by Crippen LogP contribution is -2.25. The minimum atomic E-state index is 0.739. The second-order valence-electron chi connectivity index (χ2n) is 29.0. The standard InChI is InChI=1S/C90H121N6/c1-7-13-19-25-31-37-43-68-49-55-75-74(61-68)67-96-89(94-84-65-72(50-56-76(75)84)47-41-35-29-23-17-11-5)87-86(91-81-62-69(44-38-32-26-20-14-8-2)51-57-77(81)78-58-52-70(63-82(78)92-87)45-39-33-27-21-15-9-3)88-90(96)95-85-66-73(48-42-36-30-24-18-12-6)54-60-80(85)79-59-53-71(64-83(79)93-88)46-40-34-28-22-16-10-4/h49-67H,7-48H2,1-6H3/q+1. The first-order valence-corrected chi connectivity index (χ1v) is 39.8. The van der Waals surface area contributed by atoms with E-state index in [2.05, 4.69) is 161 Å². The summed E-state index contributed by atoms with van der Waals surface area (Å²) in [7, 11) is 0. The summed E-state index contributed by atoms with van der Waals surface area (Å²) in [6.45, 7) is 13.9. The van der Waals surface area contributed by atoms with Gasteiger partial charge in [-0.3, -0.25) is 0 Å². The maximum absolute atomic E-state index is 6.11. The molecular weight excluding hydrogens is 1170 g/mol. The minimum absolute atomic E-state index is 0.739. The van der Waals surface area contributed by atoms with Gasteiger partial charge in [0.05, 0.1) is 22.7 Å². The Balaban J connectivity index is 1.34. The summed E-state index contributed by atoms with van der Waals surface area (Å²) in [5, 5.41) is 7.96. The summed E-state index contributed by atoms with van der Waals surface area (Å²) in [6.07, 6.45) is 54.0. The van der Waals surface area contributed by atoms with Crippen LogP contribution in [0.2, 0.25) is 0 Å². The number of aromatic nitrogens is 6. The molecule has 0 spiro atoms. The van der Waals surface area contributed by atoms with Gasteiger partial charge in [-0.05, 0) is 152 Å². The summed E-state index contributed by atoms with van der Waals surface area (Å²) >= 11 is 0. The van der Waals surface area contributed by atoms with Gasteiger partial charge in [0.1, 0.15) is 16.6 Å². The van der Waals surface area contributed by atoms with Gasteiger partial charge >= 0.3 is 0 Å². The highest BCUT2D eigenvalue weighted by Gasteiger charge is 2.23. The molecule has 6 nitrogen and oxygen atoms in total. The SMILES string of the molecule is CCCCCCCCc1ccc2c(c1)c[n+]1c(nc3cc(CCCCCCCC)ccc32)c2nc3cc(CCCCCCCC)ccc3c3ccc(CCCCCCCC)cc3nc2c2nc3cc(CCCCCCCC)ccc3c3ccc(CCCCCCCC)cc3nc21. The second kappa shape index (κ2) is 39.1. The van der Waals surface area contributed by atoms with Gasteiger partial charge in [-0.2, -0.15) is 4.40 Å². The van der Waals surface area contributed by atoms with Crippen LogP contribution in [0.5, 0.6) is 0 Å². The molecule has 96 heavy (non-hydrogen) atoms. The third-order valence-electron chi connectivity index (χ3n) is 21.0. The van der Waals surface area contributed by atoms with Crippen LogP contribution >= 0.6 is 0 Å².